The van der Waals surface area contributed by atoms with Crippen LogP contribution in [0.25, 0.3) is 10.9 Å². The van der Waals surface area contributed by atoms with Gasteiger partial charge in [-0.25, -0.2) is 4.79 Å². The van der Waals surface area contributed by atoms with Crippen molar-refractivity contribution in [3.8, 4) is 0 Å². The Morgan fingerprint density at radius 1 is 0.967 bits per heavy atom. The van der Waals surface area contributed by atoms with Crippen molar-refractivity contribution in [3.63, 3.8) is 0 Å². The molecule has 0 fully saturated rings. The van der Waals surface area contributed by atoms with E-state index in [1.807, 2.05) is 56.3 Å². The zero-order valence-corrected chi connectivity index (χ0v) is 16.7. The van der Waals surface area contributed by atoms with Crippen LogP contribution in [0.4, 0.5) is 5.69 Å². The number of ether oxygens (including phenoxy) is 1. The molecule has 6 nitrogen and oxygen atoms in total. The molecule has 1 heterocycles. The number of amides is 1. The first-order valence-electron chi connectivity index (χ1n) is 9.60. The van der Waals surface area contributed by atoms with Crippen molar-refractivity contribution in [1.29, 1.82) is 0 Å². The summed E-state index contributed by atoms with van der Waals surface area (Å²) in [4.78, 5) is 26.0. The molecule has 1 amide bonds. The first-order chi connectivity index (χ1) is 14.5. The quantitative estimate of drug-likeness (QED) is 0.476. The third-order valence-corrected chi connectivity index (χ3v) is 4.88. The molecular weight excluding hydrogens is 378 g/mol. The number of rotatable bonds is 5. The first-order valence-corrected chi connectivity index (χ1v) is 9.60. The van der Waals surface area contributed by atoms with Crippen LogP contribution in [0, 0.1) is 13.8 Å². The average Bonchev–Trinajstić information content (AvgIpc) is 3.19. The molecule has 0 aliphatic heterocycles. The lowest BCUT2D eigenvalue weighted by atomic mass is 10.1. The number of aromatic nitrogens is 2. The molecule has 0 saturated carbocycles. The Hall–Kier alpha value is -3.93. The third kappa shape index (κ3) is 3.93. The van der Waals surface area contributed by atoms with Crippen LogP contribution in [0.15, 0.2) is 72.8 Å². The van der Waals surface area contributed by atoms with Crippen LogP contribution >= 0.6 is 0 Å². The van der Waals surface area contributed by atoms with E-state index in [0.717, 1.165) is 16.6 Å². The zero-order valence-electron chi connectivity index (χ0n) is 16.7. The minimum Gasteiger partial charge on any atom is -0.442 e. The number of carbonyl (C=O) groups is 2. The number of anilines is 1. The molecule has 2 N–H and O–H groups in total. The van der Waals surface area contributed by atoms with Gasteiger partial charge in [-0.15, -0.1) is 0 Å². The van der Waals surface area contributed by atoms with Crippen molar-refractivity contribution >= 4 is 28.5 Å². The molecule has 6 heteroatoms. The van der Waals surface area contributed by atoms with Gasteiger partial charge >= 0.3 is 5.97 Å². The van der Waals surface area contributed by atoms with Crippen LogP contribution in [0.5, 0.6) is 0 Å². The van der Waals surface area contributed by atoms with Gasteiger partial charge < -0.3 is 10.1 Å². The highest BCUT2D eigenvalue weighted by Crippen LogP contribution is 2.25. The first kappa shape index (κ1) is 19.4. The second-order valence-corrected chi connectivity index (χ2v) is 7.12. The molecule has 4 rings (SSSR count). The number of hydrogen-bond donors (Lipinski definition) is 2. The number of para-hydroxylation sites is 1. The lowest BCUT2D eigenvalue weighted by Crippen LogP contribution is -2.26. The lowest BCUT2D eigenvalue weighted by Gasteiger charge is -2.18. The molecule has 0 aliphatic carbocycles. The number of hydrogen-bond acceptors (Lipinski definition) is 4. The van der Waals surface area contributed by atoms with Gasteiger partial charge in [0.1, 0.15) is 0 Å². The topological polar surface area (TPSA) is 84.1 Å². The summed E-state index contributed by atoms with van der Waals surface area (Å²) in [5, 5.41) is 10.4. The smallest absolute Gasteiger partial charge is 0.360 e. The SMILES string of the molecule is Cc1ccc(C)c(NC(=O)[C@@H](OC(=O)c2n[nH]c3ccccc23)c2ccccc2)c1. The Bertz CT molecular complexity index is 1210. The van der Waals surface area contributed by atoms with Gasteiger partial charge in [0.25, 0.3) is 5.91 Å². The molecule has 0 radical (unpaired) electrons. The Balaban J connectivity index is 1.64. The minimum absolute atomic E-state index is 0.145. The maximum Gasteiger partial charge on any atom is 0.360 e. The van der Waals surface area contributed by atoms with Crippen molar-refractivity contribution < 1.29 is 14.3 Å². The molecule has 0 aliphatic rings. The van der Waals surface area contributed by atoms with Crippen molar-refractivity contribution in [2.75, 3.05) is 5.32 Å². The molecule has 4 aromatic rings. The van der Waals surface area contributed by atoms with Gasteiger partial charge in [-0.05, 0) is 37.1 Å². The highest BCUT2D eigenvalue weighted by molar-refractivity contribution is 6.04. The fourth-order valence-corrected chi connectivity index (χ4v) is 3.25. The number of esters is 1. The average molecular weight is 399 g/mol. The fraction of sp³-hybridized carbons (Fsp3) is 0.125. The number of carbonyl (C=O) groups excluding carboxylic acids is 2. The van der Waals surface area contributed by atoms with E-state index in [-0.39, 0.29) is 5.69 Å². The summed E-state index contributed by atoms with van der Waals surface area (Å²) in [6.45, 7) is 3.86. The van der Waals surface area contributed by atoms with Crippen LogP contribution in [-0.2, 0) is 9.53 Å². The molecule has 0 spiro atoms. The van der Waals surface area contributed by atoms with Crippen LogP contribution < -0.4 is 5.32 Å². The standard InChI is InChI=1S/C24H21N3O3/c1-15-12-13-16(2)20(14-15)25-23(28)22(17-8-4-3-5-9-17)30-24(29)21-18-10-6-7-11-19(18)26-27-21/h3-14,22H,1-2H3,(H,25,28)(H,26,27)/t22-/m0/s1. The molecule has 0 bridgehead atoms. The number of H-pyrrole nitrogens is 1. The van der Waals surface area contributed by atoms with Gasteiger partial charge in [-0.2, -0.15) is 5.10 Å². The highest BCUT2D eigenvalue weighted by atomic mass is 16.5. The van der Waals surface area contributed by atoms with Crippen LogP contribution in [0.3, 0.4) is 0 Å². The van der Waals surface area contributed by atoms with E-state index >= 15 is 0 Å². The summed E-state index contributed by atoms with van der Waals surface area (Å²) in [5.41, 5.74) is 4.07. The molecule has 150 valence electrons. The van der Waals surface area contributed by atoms with Crippen molar-refractivity contribution in [2.45, 2.75) is 20.0 Å². The third-order valence-electron chi connectivity index (χ3n) is 4.88. The Kier molecular flexibility index (Phi) is 5.30. The van der Waals surface area contributed by atoms with Gasteiger partial charge in [0, 0.05) is 16.6 Å². The molecule has 1 atom stereocenters. The fourth-order valence-electron chi connectivity index (χ4n) is 3.25. The van der Waals surface area contributed by atoms with Crippen molar-refractivity contribution in [2.24, 2.45) is 0 Å². The van der Waals surface area contributed by atoms with E-state index in [9.17, 15) is 9.59 Å². The maximum atomic E-state index is 13.1. The number of fused-ring (bicyclic) bond motifs is 1. The molecular formula is C24H21N3O3. The summed E-state index contributed by atoms with van der Waals surface area (Å²) in [7, 11) is 0. The largest absolute Gasteiger partial charge is 0.442 e. The van der Waals surface area contributed by atoms with Crippen LogP contribution in [-0.4, -0.2) is 22.1 Å². The number of benzene rings is 3. The molecule has 0 saturated heterocycles. The van der Waals surface area contributed by atoms with Gasteiger partial charge in [0.05, 0.1) is 5.52 Å². The molecule has 30 heavy (non-hydrogen) atoms. The predicted molar refractivity (Wildman–Crippen MR) is 115 cm³/mol. The van der Waals surface area contributed by atoms with E-state index in [0.29, 0.717) is 16.6 Å². The highest BCUT2D eigenvalue weighted by Gasteiger charge is 2.28. The molecule has 3 aromatic carbocycles. The normalized spacial score (nSPS) is 11.8. The predicted octanol–water partition coefficient (Wildman–Crippen LogP) is 4.72. The van der Waals surface area contributed by atoms with Gasteiger partial charge in [-0.3, -0.25) is 9.89 Å². The lowest BCUT2D eigenvalue weighted by molar-refractivity contribution is -0.125. The summed E-state index contributed by atoms with van der Waals surface area (Å²) >= 11 is 0. The maximum absolute atomic E-state index is 13.1. The van der Waals surface area contributed by atoms with Gasteiger partial charge in [-0.1, -0.05) is 60.7 Å². The Labute approximate surface area is 173 Å². The summed E-state index contributed by atoms with van der Waals surface area (Å²) in [6.07, 6.45) is -1.12. The van der Waals surface area contributed by atoms with E-state index in [4.69, 9.17) is 4.74 Å². The number of aryl methyl sites for hydroxylation is 2. The van der Waals surface area contributed by atoms with Gasteiger partial charge in [0.15, 0.2) is 5.69 Å². The van der Waals surface area contributed by atoms with Crippen molar-refractivity contribution in [1.82, 2.24) is 10.2 Å². The Morgan fingerprint density at radius 3 is 2.50 bits per heavy atom. The second-order valence-electron chi connectivity index (χ2n) is 7.12. The van der Waals surface area contributed by atoms with Crippen LogP contribution in [0.2, 0.25) is 0 Å². The second kappa shape index (κ2) is 8.21. The monoisotopic (exact) mass is 399 g/mol. The molecule has 0 unspecified atom stereocenters. The van der Waals surface area contributed by atoms with E-state index in [1.54, 1.807) is 30.3 Å². The van der Waals surface area contributed by atoms with Crippen molar-refractivity contribution in [3.05, 3.63) is 95.2 Å². The summed E-state index contributed by atoms with van der Waals surface area (Å²) < 4.78 is 5.66. The van der Waals surface area contributed by atoms with E-state index in [2.05, 4.69) is 15.5 Å². The number of nitrogens with one attached hydrogen (secondary N) is 2. The zero-order chi connectivity index (χ0) is 21.1. The van der Waals surface area contributed by atoms with E-state index in [1.165, 1.54) is 0 Å². The van der Waals surface area contributed by atoms with Crippen LogP contribution in [0.1, 0.15) is 33.3 Å². The summed E-state index contributed by atoms with van der Waals surface area (Å²) in [5.74, 6) is -1.10. The minimum atomic E-state index is -1.12. The summed E-state index contributed by atoms with van der Waals surface area (Å²) in [6, 6.07) is 22.0. The number of aromatic amines is 1. The van der Waals surface area contributed by atoms with E-state index < -0.39 is 18.0 Å². The number of nitrogens with zero attached hydrogens (tertiary/aromatic N) is 1. The Morgan fingerprint density at radius 2 is 1.70 bits per heavy atom. The van der Waals surface area contributed by atoms with Gasteiger partial charge in [0.2, 0.25) is 6.10 Å². The molecule has 1 aromatic heterocycles.